The Bertz CT molecular complexity index is 250. The summed E-state index contributed by atoms with van der Waals surface area (Å²) in [7, 11) is 0. The molecule has 0 aromatic rings. The lowest BCUT2D eigenvalue weighted by atomic mass is 10.1. The number of rotatable bonds is 1. The van der Waals surface area contributed by atoms with Crippen LogP contribution in [0.4, 0.5) is 0 Å². The number of fused-ring (bicyclic) bond motifs is 1. The molecule has 0 N–H and O–H groups in total. The minimum Gasteiger partial charge on any atom is -0.374 e. The Morgan fingerprint density at radius 1 is 1.21 bits per heavy atom. The molecule has 1 amide bonds. The molecule has 2 aliphatic carbocycles. The molecular formula is C11H17NO2. The van der Waals surface area contributed by atoms with Crippen molar-refractivity contribution in [1.29, 1.82) is 0 Å². The predicted molar refractivity (Wildman–Crippen MR) is 51.8 cm³/mol. The maximum Gasteiger partial charge on any atom is 0.226 e. The summed E-state index contributed by atoms with van der Waals surface area (Å²) in [5.74, 6) is 0.777. The van der Waals surface area contributed by atoms with Crippen LogP contribution >= 0.6 is 0 Å². The van der Waals surface area contributed by atoms with E-state index in [0.717, 1.165) is 38.8 Å². The van der Waals surface area contributed by atoms with Crippen LogP contribution in [0.3, 0.4) is 0 Å². The number of hydrogen-bond donors (Lipinski definition) is 0. The Balaban J connectivity index is 1.73. The van der Waals surface area contributed by atoms with Gasteiger partial charge in [0.1, 0.15) is 0 Å². The van der Waals surface area contributed by atoms with Crippen LogP contribution in [0.25, 0.3) is 0 Å². The highest BCUT2D eigenvalue weighted by atomic mass is 16.5. The van der Waals surface area contributed by atoms with Crippen molar-refractivity contribution in [1.82, 2.24) is 4.90 Å². The van der Waals surface area contributed by atoms with Gasteiger partial charge in [0.25, 0.3) is 0 Å². The zero-order valence-electron chi connectivity index (χ0n) is 8.45. The highest BCUT2D eigenvalue weighted by Crippen LogP contribution is 2.36. The Hall–Kier alpha value is -0.570. The van der Waals surface area contributed by atoms with E-state index >= 15 is 0 Å². The molecular weight excluding hydrogens is 178 g/mol. The van der Waals surface area contributed by atoms with Gasteiger partial charge in [-0.15, -0.1) is 0 Å². The fourth-order valence-electron chi connectivity index (χ4n) is 2.76. The van der Waals surface area contributed by atoms with Gasteiger partial charge in [0.05, 0.1) is 18.8 Å². The fourth-order valence-corrected chi connectivity index (χ4v) is 2.76. The quantitative estimate of drug-likeness (QED) is 0.628. The van der Waals surface area contributed by atoms with Gasteiger partial charge in [-0.3, -0.25) is 4.79 Å². The van der Waals surface area contributed by atoms with Gasteiger partial charge in [-0.25, -0.2) is 0 Å². The number of morpholine rings is 1. The van der Waals surface area contributed by atoms with E-state index in [-0.39, 0.29) is 0 Å². The normalized spacial score (nSPS) is 37.0. The van der Waals surface area contributed by atoms with Gasteiger partial charge < -0.3 is 9.64 Å². The summed E-state index contributed by atoms with van der Waals surface area (Å²) in [6.07, 6.45) is 6.12. The third-order valence-electron chi connectivity index (χ3n) is 3.69. The molecule has 2 atom stereocenters. The molecule has 14 heavy (non-hydrogen) atoms. The topological polar surface area (TPSA) is 29.5 Å². The van der Waals surface area contributed by atoms with E-state index in [0.29, 0.717) is 24.0 Å². The smallest absolute Gasteiger partial charge is 0.226 e. The van der Waals surface area contributed by atoms with Gasteiger partial charge in [-0.05, 0) is 32.1 Å². The largest absolute Gasteiger partial charge is 0.374 e. The van der Waals surface area contributed by atoms with E-state index in [9.17, 15) is 4.79 Å². The van der Waals surface area contributed by atoms with Crippen molar-refractivity contribution in [2.24, 2.45) is 5.92 Å². The van der Waals surface area contributed by atoms with Crippen LogP contribution in [0, 0.1) is 5.92 Å². The average molecular weight is 195 g/mol. The number of carbonyl (C=O) groups excluding carboxylic acids is 1. The van der Waals surface area contributed by atoms with Crippen LogP contribution in [0.15, 0.2) is 0 Å². The van der Waals surface area contributed by atoms with Gasteiger partial charge in [-0.1, -0.05) is 0 Å². The molecule has 1 saturated heterocycles. The lowest BCUT2D eigenvalue weighted by Crippen LogP contribution is -2.51. The monoisotopic (exact) mass is 195 g/mol. The second-order valence-electron chi connectivity index (χ2n) is 4.71. The van der Waals surface area contributed by atoms with Crippen molar-refractivity contribution in [3.05, 3.63) is 0 Å². The van der Waals surface area contributed by atoms with Crippen molar-refractivity contribution in [2.45, 2.75) is 44.2 Å². The molecule has 0 bridgehead atoms. The first-order valence-electron chi connectivity index (χ1n) is 5.78. The van der Waals surface area contributed by atoms with E-state index < -0.39 is 0 Å². The second kappa shape index (κ2) is 3.23. The first kappa shape index (κ1) is 8.72. The summed E-state index contributed by atoms with van der Waals surface area (Å²) in [5.41, 5.74) is 0. The highest BCUT2D eigenvalue weighted by Gasteiger charge is 2.42. The maximum absolute atomic E-state index is 12.0. The number of carbonyl (C=O) groups is 1. The van der Waals surface area contributed by atoms with Crippen LogP contribution in [0.5, 0.6) is 0 Å². The van der Waals surface area contributed by atoms with Gasteiger partial charge >= 0.3 is 0 Å². The zero-order chi connectivity index (χ0) is 9.54. The van der Waals surface area contributed by atoms with E-state index in [1.54, 1.807) is 0 Å². The molecule has 78 valence electrons. The number of ether oxygens (including phenoxy) is 1. The summed E-state index contributed by atoms with van der Waals surface area (Å²) in [6.45, 7) is 1.58. The standard InChI is InChI=1S/C11H17NO2/c13-11(8-4-5-8)12-6-7-14-10-3-1-2-9(10)12/h8-10H,1-7H2. The summed E-state index contributed by atoms with van der Waals surface area (Å²) in [4.78, 5) is 14.1. The summed E-state index contributed by atoms with van der Waals surface area (Å²) in [6, 6.07) is 0.414. The van der Waals surface area contributed by atoms with Crippen molar-refractivity contribution >= 4 is 5.91 Å². The number of nitrogens with zero attached hydrogens (tertiary/aromatic N) is 1. The van der Waals surface area contributed by atoms with Crippen LogP contribution in [-0.2, 0) is 9.53 Å². The third-order valence-corrected chi connectivity index (χ3v) is 3.69. The molecule has 3 fully saturated rings. The molecule has 3 nitrogen and oxygen atoms in total. The van der Waals surface area contributed by atoms with Gasteiger partial charge in [0, 0.05) is 12.5 Å². The number of hydrogen-bond acceptors (Lipinski definition) is 2. The first-order chi connectivity index (χ1) is 6.86. The van der Waals surface area contributed by atoms with E-state index in [1.165, 1.54) is 6.42 Å². The van der Waals surface area contributed by atoms with Crippen molar-refractivity contribution < 1.29 is 9.53 Å². The maximum atomic E-state index is 12.0. The van der Waals surface area contributed by atoms with Gasteiger partial charge in [0.15, 0.2) is 0 Å². The Labute approximate surface area is 84.4 Å². The van der Waals surface area contributed by atoms with E-state index in [1.807, 2.05) is 0 Å². The molecule has 1 aliphatic heterocycles. The lowest BCUT2D eigenvalue weighted by Gasteiger charge is -2.37. The molecule has 1 heterocycles. The molecule has 0 aromatic heterocycles. The van der Waals surface area contributed by atoms with Crippen LogP contribution in [0.2, 0.25) is 0 Å². The lowest BCUT2D eigenvalue weighted by molar-refractivity contribution is -0.145. The molecule has 0 spiro atoms. The van der Waals surface area contributed by atoms with E-state index in [4.69, 9.17) is 4.74 Å². The molecule has 3 rings (SSSR count). The summed E-state index contributed by atoms with van der Waals surface area (Å²) < 4.78 is 5.69. The Morgan fingerprint density at radius 2 is 2.07 bits per heavy atom. The molecule has 2 unspecified atom stereocenters. The minimum absolute atomic E-state index is 0.353. The van der Waals surface area contributed by atoms with E-state index in [2.05, 4.69) is 4.90 Å². The first-order valence-corrected chi connectivity index (χ1v) is 5.78. The van der Waals surface area contributed by atoms with Gasteiger partial charge in [-0.2, -0.15) is 0 Å². The summed E-state index contributed by atoms with van der Waals surface area (Å²) >= 11 is 0. The fraction of sp³-hybridized carbons (Fsp3) is 0.909. The van der Waals surface area contributed by atoms with Crippen molar-refractivity contribution in [3.8, 4) is 0 Å². The van der Waals surface area contributed by atoms with Crippen LogP contribution in [0.1, 0.15) is 32.1 Å². The zero-order valence-corrected chi connectivity index (χ0v) is 8.45. The average Bonchev–Trinajstić information content (AvgIpc) is 2.94. The molecule has 0 aromatic carbocycles. The molecule has 0 radical (unpaired) electrons. The highest BCUT2D eigenvalue weighted by molar-refractivity contribution is 5.81. The SMILES string of the molecule is O=C(C1CC1)N1CCOC2CCCC21. The molecule has 3 heteroatoms. The molecule has 2 saturated carbocycles. The van der Waals surface area contributed by atoms with Crippen molar-refractivity contribution in [2.75, 3.05) is 13.2 Å². The predicted octanol–water partition coefficient (Wildman–Crippen LogP) is 1.18. The number of amides is 1. The van der Waals surface area contributed by atoms with Crippen molar-refractivity contribution in [3.63, 3.8) is 0 Å². The van der Waals surface area contributed by atoms with Crippen LogP contribution in [-0.4, -0.2) is 36.1 Å². The van der Waals surface area contributed by atoms with Crippen LogP contribution < -0.4 is 0 Å². The summed E-state index contributed by atoms with van der Waals surface area (Å²) in [5, 5.41) is 0. The Kier molecular flexibility index (Phi) is 2.01. The third kappa shape index (κ3) is 1.34. The van der Waals surface area contributed by atoms with Gasteiger partial charge in [0.2, 0.25) is 5.91 Å². The second-order valence-corrected chi connectivity index (χ2v) is 4.71. The minimum atomic E-state index is 0.353. The molecule has 3 aliphatic rings. The Morgan fingerprint density at radius 3 is 2.86 bits per heavy atom.